The van der Waals surface area contributed by atoms with E-state index in [0.717, 1.165) is 29.9 Å². The van der Waals surface area contributed by atoms with Crippen molar-refractivity contribution in [3.63, 3.8) is 0 Å². The molecule has 0 aliphatic carbocycles. The summed E-state index contributed by atoms with van der Waals surface area (Å²) >= 11 is 0. The molecule has 46 heavy (non-hydrogen) atoms. The minimum absolute atomic E-state index is 0.0311. The quantitative estimate of drug-likeness (QED) is 0.0802. The highest BCUT2D eigenvalue weighted by atomic mass is 31.2. The van der Waals surface area contributed by atoms with E-state index in [-0.39, 0.29) is 12.3 Å². The fourth-order valence-corrected chi connectivity index (χ4v) is 5.46. The number of ether oxygens (including phenoxy) is 2. The number of nitrogens with one attached hydrogen (secondary N) is 2. The molecule has 0 saturated heterocycles. The van der Waals surface area contributed by atoms with Crippen LogP contribution in [0.2, 0.25) is 0 Å². The average molecular weight is 664 g/mol. The monoisotopic (exact) mass is 663 g/mol. The van der Waals surface area contributed by atoms with Gasteiger partial charge >= 0.3 is 25.8 Å². The van der Waals surface area contributed by atoms with E-state index in [1.54, 1.807) is 0 Å². The molecular formula is C33H50N3O9P. The number of amides is 2. The third kappa shape index (κ3) is 13.5. The Morgan fingerprint density at radius 3 is 2.02 bits per heavy atom. The summed E-state index contributed by atoms with van der Waals surface area (Å²) in [7, 11) is -4.94. The number of esters is 2. The molecule has 0 heterocycles. The topological polar surface area (TPSA) is 164 Å². The van der Waals surface area contributed by atoms with Gasteiger partial charge in [-0.2, -0.15) is 0 Å². The van der Waals surface area contributed by atoms with Crippen LogP contribution in [0.3, 0.4) is 0 Å². The van der Waals surface area contributed by atoms with Crippen molar-refractivity contribution in [2.24, 2.45) is 17.8 Å². The van der Waals surface area contributed by atoms with Crippen molar-refractivity contribution >= 4 is 42.9 Å². The molecule has 13 heteroatoms. The molecule has 2 aromatic carbocycles. The van der Waals surface area contributed by atoms with Crippen molar-refractivity contribution in [3.05, 3.63) is 53.6 Å². The lowest BCUT2D eigenvalue weighted by Crippen LogP contribution is -2.32. The summed E-state index contributed by atoms with van der Waals surface area (Å²) in [4.78, 5) is 58.6. The first kappa shape index (κ1) is 38.7. The molecule has 2 rings (SSSR count). The first-order valence-corrected chi connectivity index (χ1v) is 17.1. The van der Waals surface area contributed by atoms with E-state index in [2.05, 4.69) is 47.8 Å². The largest absolute Gasteiger partial charge is 0.470 e. The summed E-state index contributed by atoms with van der Waals surface area (Å²) in [5, 5.41) is 5.91. The van der Waals surface area contributed by atoms with Gasteiger partial charge in [0.05, 0.1) is 17.8 Å². The van der Waals surface area contributed by atoms with E-state index in [4.69, 9.17) is 19.3 Å². The number of phosphoric acid groups is 1. The SMILES string of the molecule is CCC(CC(=O)OCOC(=O)[C@@H](OP(=O)(O)O)C(C)C)c1ccc(N(CC(C)C)CC(C)C)c(NC(=O)Nc2ccc(C)cc2)c1. The van der Waals surface area contributed by atoms with Crippen LogP contribution in [0.1, 0.15) is 78.4 Å². The predicted octanol–water partition coefficient (Wildman–Crippen LogP) is 6.82. The Bertz CT molecular complexity index is 1330. The van der Waals surface area contributed by atoms with Gasteiger partial charge in [0.1, 0.15) is 0 Å². The van der Waals surface area contributed by atoms with Crippen molar-refractivity contribution in [2.45, 2.75) is 80.3 Å². The molecule has 1 unspecified atom stereocenters. The second-order valence-corrected chi connectivity index (χ2v) is 13.8. The molecule has 0 radical (unpaired) electrons. The van der Waals surface area contributed by atoms with Crippen LogP contribution in [-0.2, 0) is 28.2 Å². The molecule has 0 spiro atoms. The van der Waals surface area contributed by atoms with Crippen LogP contribution in [0.25, 0.3) is 0 Å². The number of hydrogen-bond acceptors (Lipinski definition) is 8. The number of carbonyl (C=O) groups is 3. The molecule has 0 aliphatic heterocycles. The summed E-state index contributed by atoms with van der Waals surface area (Å²) in [5.74, 6) is -1.81. The molecule has 2 aromatic rings. The van der Waals surface area contributed by atoms with Gasteiger partial charge in [0.25, 0.3) is 0 Å². The maximum atomic E-state index is 13.1. The minimum Gasteiger partial charge on any atom is -0.428 e. The molecule has 12 nitrogen and oxygen atoms in total. The van der Waals surface area contributed by atoms with Gasteiger partial charge in [-0.1, -0.05) is 72.2 Å². The maximum Gasteiger partial charge on any atom is 0.470 e. The van der Waals surface area contributed by atoms with Crippen LogP contribution in [0, 0.1) is 24.7 Å². The van der Waals surface area contributed by atoms with Gasteiger partial charge in [0, 0.05) is 18.8 Å². The molecule has 2 atom stereocenters. The van der Waals surface area contributed by atoms with Crippen LogP contribution in [-0.4, -0.2) is 53.7 Å². The Hall–Kier alpha value is -3.44. The van der Waals surface area contributed by atoms with Crippen LogP contribution in [0.5, 0.6) is 0 Å². The summed E-state index contributed by atoms with van der Waals surface area (Å²) in [6.07, 6.45) is -0.978. The van der Waals surface area contributed by atoms with Crippen molar-refractivity contribution in [1.29, 1.82) is 0 Å². The first-order chi connectivity index (χ1) is 21.5. The third-order valence-corrected chi connectivity index (χ3v) is 7.48. The van der Waals surface area contributed by atoms with Gasteiger partial charge in [0.2, 0.25) is 6.79 Å². The zero-order valence-corrected chi connectivity index (χ0v) is 29.0. The van der Waals surface area contributed by atoms with Crippen LogP contribution in [0.4, 0.5) is 21.9 Å². The van der Waals surface area contributed by atoms with E-state index in [1.165, 1.54) is 13.8 Å². The number of carbonyl (C=O) groups excluding carboxylic acids is 3. The van der Waals surface area contributed by atoms with Crippen LogP contribution < -0.4 is 15.5 Å². The molecule has 2 amide bonds. The third-order valence-electron chi connectivity index (χ3n) is 6.98. The lowest BCUT2D eigenvalue weighted by atomic mass is 9.92. The molecule has 0 aliphatic rings. The normalized spacial score (nSPS) is 13.0. The highest BCUT2D eigenvalue weighted by molar-refractivity contribution is 7.46. The van der Waals surface area contributed by atoms with Gasteiger partial charge < -0.3 is 34.8 Å². The smallest absolute Gasteiger partial charge is 0.428 e. The van der Waals surface area contributed by atoms with Crippen LogP contribution in [0.15, 0.2) is 42.5 Å². The van der Waals surface area contributed by atoms with Gasteiger partial charge in [-0.25, -0.2) is 14.2 Å². The second-order valence-electron chi connectivity index (χ2n) is 12.6. The van der Waals surface area contributed by atoms with E-state index >= 15 is 0 Å². The molecule has 0 fully saturated rings. The average Bonchev–Trinajstić information content (AvgIpc) is 2.94. The molecule has 0 saturated carbocycles. The summed E-state index contributed by atoms with van der Waals surface area (Å²) in [6.45, 7) is 16.4. The minimum atomic E-state index is -4.94. The number of aryl methyl sites for hydroxylation is 1. The summed E-state index contributed by atoms with van der Waals surface area (Å²) in [6, 6.07) is 12.9. The molecule has 0 bridgehead atoms. The molecule has 256 valence electrons. The lowest BCUT2D eigenvalue weighted by molar-refractivity contribution is -0.174. The van der Waals surface area contributed by atoms with Crippen molar-refractivity contribution < 1.29 is 42.7 Å². The van der Waals surface area contributed by atoms with Crippen LogP contribution >= 0.6 is 7.82 Å². The van der Waals surface area contributed by atoms with Gasteiger partial charge in [-0.05, 0) is 66.8 Å². The highest BCUT2D eigenvalue weighted by Crippen LogP contribution is 2.39. The summed E-state index contributed by atoms with van der Waals surface area (Å²) < 4.78 is 25.8. The number of urea groups is 1. The zero-order valence-electron chi connectivity index (χ0n) is 28.1. The Morgan fingerprint density at radius 2 is 1.50 bits per heavy atom. The second kappa shape index (κ2) is 18.0. The van der Waals surface area contributed by atoms with Crippen molar-refractivity contribution in [2.75, 3.05) is 35.4 Å². The maximum absolute atomic E-state index is 13.1. The molecule has 4 N–H and O–H groups in total. The van der Waals surface area contributed by atoms with E-state index < -0.39 is 44.6 Å². The number of benzene rings is 2. The number of phosphoric ester groups is 1. The predicted molar refractivity (Wildman–Crippen MR) is 179 cm³/mol. The molecule has 0 aromatic heterocycles. The van der Waals surface area contributed by atoms with Crippen molar-refractivity contribution in [3.8, 4) is 0 Å². The number of anilines is 3. The van der Waals surface area contributed by atoms with E-state index in [9.17, 15) is 18.9 Å². The lowest BCUT2D eigenvalue weighted by Gasteiger charge is -2.31. The Kier molecular flexibility index (Phi) is 15.2. The fraction of sp³-hybridized carbons (Fsp3) is 0.545. The number of nitrogens with zero attached hydrogens (tertiary/aromatic N) is 1. The molecular weight excluding hydrogens is 613 g/mol. The van der Waals surface area contributed by atoms with E-state index in [0.29, 0.717) is 29.6 Å². The zero-order chi connectivity index (χ0) is 34.6. The Morgan fingerprint density at radius 1 is 0.891 bits per heavy atom. The number of hydrogen-bond donors (Lipinski definition) is 4. The standard InChI is InChI=1S/C33H50N3O9P/c1-9-25(17-30(37)43-20-44-32(38)31(23(6)7)45-46(40,41)42)26-12-15-29(36(18-21(2)3)19-22(4)5)28(16-26)35-33(39)34-27-13-10-24(8)11-14-27/h10-16,21-23,25,31H,9,17-20H2,1-8H3,(H2,34,35,39)(H2,40,41,42)/t25?,31-/m0/s1. The van der Waals surface area contributed by atoms with Gasteiger partial charge in [0.15, 0.2) is 6.10 Å². The highest BCUT2D eigenvalue weighted by Gasteiger charge is 2.32. The number of rotatable bonds is 17. The van der Waals surface area contributed by atoms with Gasteiger partial charge in [-0.15, -0.1) is 0 Å². The first-order valence-electron chi connectivity index (χ1n) is 15.6. The van der Waals surface area contributed by atoms with Crippen molar-refractivity contribution in [1.82, 2.24) is 0 Å². The fourth-order valence-electron chi connectivity index (χ4n) is 4.84. The van der Waals surface area contributed by atoms with E-state index in [1.807, 2.05) is 56.3 Å². The Balaban J connectivity index is 2.24. The summed E-state index contributed by atoms with van der Waals surface area (Å²) in [5.41, 5.74) is 4.02. The van der Waals surface area contributed by atoms with Gasteiger partial charge in [-0.3, -0.25) is 9.32 Å². The Labute approximate surface area is 272 Å².